The van der Waals surface area contributed by atoms with Gasteiger partial charge in [-0.15, -0.1) is 0 Å². The van der Waals surface area contributed by atoms with E-state index in [1.807, 2.05) is 10.8 Å². The Hall–Kier alpha value is -1.41. The van der Waals surface area contributed by atoms with E-state index in [0.717, 1.165) is 23.4 Å². The molecule has 0 aliphatic carbocycles. The molecule has 1 atom stereocenters. The molecule has 1 fully saturated rings. The lowest BCUT2D eigenvalue weighted by molar-refractivity contribution is -0.132. The molecule has 20 heavy (non-hydrogen) atoms. The monoisotopic (exact) mass is 300 g/mol. The Labute approximate surface area is 119 Å². The third-order valence-electron chi connectivity index (χ3n) is 3.62. The minimum Gasteiger partial charge on any atom is -0.339 e. The van der Waals surface area contributed by atoms with Gasteiger partial charge in [-0.1, -0.05) is 0 Å². The summed E-state index contributed by atoms with van der Waals surface area (Å²) in [6.07, 6.45) is 8.38. The van der Waals surface area contributed by atoms with Crippen molar-refractivity contribution in [3.63, 3.8) is 0 Å². The largest absolute Gasteiger partial charge is 0.339 e. The topological polar surface area (TPSA) is 75.5 Å². The predicted octanol–water partition coefficient (Wildman–Crippen LogP) is -0.0620. The van der Waals surface area contributed by atoms with Crippen LogP contribution in [0.5, 0.6) is 0 Å². The highest BCUT2D eigenvalue weighted by atomic mass is 32.2. The summed E-state index contributed by atoms with van der Waals surface area (Å²) in [5, 5.41) is 0. The summed E-state index contributed by atoms with van der Waals surface area (Å²) in [6, 6.07) is 0.221. The van der Waals surface area contributed by atoms with Crippen LogP contribution in [-0.2, 0) is 14.8 Å². The minimum absolute atomic E-state index is 0.102. The van der Waals surface area contributed by atoms with Crippen molar-refractivity contribution >= 4 is 15.9 Å². The van der Waals surface area contributed by atoms with Crippen LogP contribution in [-0.4, -0.2) is 66.0 Å². The predicted molar refractivity (Wildman–Crippen MR) is 74.6 cm³/mol. The van der Waals surface area contributed by atoms with E-state index in [1.165, 1.54) is 7.05 Å². The van der Waals surface area contributed by atoms with Crippen molar-refractivity contribution in [3.05, 3.63) is 18.7 Å². The van der Waals surface area contributed by atoms with E-state index in [9.17, 15) is 13.2 Å². The van der Waals surface area contributed by atoms with Gasteiger partial charge in [-0.2, -0.15) is 4.31 Å². The first-order chi connectivity index (χ1) is 9.38. The quantitative estimate of drug-likeness (QED) is 0.780. The molecule has 1 aromatic rings. The first-order valence-electron chi connectivity index (χ1n) is 6.54. The zero-order valence-electron chi connectivity index (χ0n) is 11.8. The van der Waals surface area contributed by atoms with Crippen LogP contribution < -0.4 is 0 Å². The first kappa shape index (κ1) is 15.0. The summed E-state index contributed by atoms with van der Waals surface area (Å²) in [5.41, 5.74) is 0. The number of likely N-dealkylation sites (tertiary alicyclic amines) is 1. The van der Waals surface area contributed by atoms with Gasteiger partial charge in [0.25, 0.3) is 0 Å². The number of amides is 1. The van der Waals surface area contributed by atoms with E-state index in [0.29, 0.717) is 13.1 Å². The standard InChI is InChI=1S/C12H20N4O3S/c1-14(20(2,18)19)9-12(17)15-6-3-4-11(8-15)16-7-5-13-10-16/h5,7,10-11H,3-4,6,8-9H2,1-2H3. The van der Waals surface area contributed by atoms with Crippen LogP contribution in [0.15, 0.2) is 18.7 Å². The Morgan fingerprint density at radius 3 is 2.85 bits per heavy atom. The zero-order valence-corrected chi connectivity index (χ0v) is 12.6. The van der Waals surface area contributed by atoms with Gasteiger partial charge in [-0.25, -0.2) is 13.4 Å². The van der Waals surface area contributed by atoms with Crippen molar-refractivity contribution in [2.45, 2.75) is 18.9 Å². The molecule has 8 heteroatoms. The maximum atomic E-state index is 12.2. The number of piperidine rings is 1. The van der Waals surface area contributed by atoms with E-state index in [1.54, 1.807) is 17.4 Å². The van der Waals surface area contributed by atoms with E-state index in [4.69, 9.17) is 0 Å². The Bertz CT molecular complexity index is 555. The second-order valence-electron chi connectivity index (χ2n) is 5.16. The van der Waals surface area contributed by atoms with E-state index in [-0.39, 0.29) is 18.5 Å². The van der Waals surface area contributed by atoms with Crippen molar-refractivity contribution in [2.24, 2.45) is 0 Å². The van der Waals surface area contributed by atoms with Gasteiger partial charge in [0.1, 0.15) is 0 Å². The smallest absolute Gasteiger partial charge is 0.237 e. The second kappa shape index (κ2) is 5.92. The number of likely N-dealkylation sites (N-methyl/N-ethyl adjacent to an activating group) is 1. The Balaban J connectivity index is 1.97. The van der Waals surface area contributed by atoms with Gasteiger partial charge < -0.3 is 9.47 Å². The molecule has 0 spiro atoms. The lowest BCUT2D eigenvalue weighted by Crippen LogP contribution is -2.45. The van der Waals surface area contributed by atoms with Gasteiger partial charge in [-0.05, 0) is 12.8 Å². The van der Waals surface area contributed by atoms with Crippen LogP contribution in [0.3, 0.4) is 0 Å². The van der Waals surface area contributed by atoms with Gasteiger partial charge in [-0.3, -0.25) is 4.79 Å². The van der Waals surface area contributed by atoms with Crippen molar-refractivity contribution in [1.82, 2.24) is 18.8 Å². The molecule has 2 rings (SSSR count). The van der Waals surface area contributed by atoms with Crippen LogP contribution in [0.4, 0.5) is 0 Å². The van der Waals surface area contributed by atoms with Gasteiger partial charge in [0.05, 0.1) is 25.2 Å². The molecule has 7 nitrogen and oxygen atoms in total. The number of imidazole rings is 1. The molecule has 0 bridgehead atoms. The fourth-order valence-electron chi connectivity index (χ4n) is 2.32. The molecule has 1 amide bonds. The second-order valence-corrected chi connectivity index (χ2v) is 7.25. The molecule has 2 heterocycles. The lowest BCUT2D eigenvalue weighted by atomic mass is 10.1. The number of carbonyl (C=O) groups excluding carboxylic acids is 1. The molecule has 112 valence electrons. The minimum atomic E-state index is -3.32. The molecule has 0 saturated carbocycles. The van der Waals surface area contributed by atoms with Crippen LogP contribution >= 0.6 is 0 Å². The Kier molecular flexibility index (Phi) is 4.44. The summed E-state index contributed by atoms with van der Waals surface area (Å²) in [6.45, 7) is 1.18. The highest BCUT2D eigenvalue weighted by Gasteiger charge is 2.26. The molecule has 1 aliphatic heterocycles. The van der Waals surface area contributed by atoms with Gasteiger partial charge in [0.15, 0.2) is 0 Å². The Morgan fingerprint density at radius 1 is 1.50 bits per heavy atom. The molecule has 0 N–H and O–H groups in total. The normalized spacial score (nSPS) is 20.4. The molecule has 0 aromatic carbocycles. The van der Waals surface area contributed by atoms with Crippen LogP contribution in [0.2, 0.25) is 0 Å². The van der Waals surface area contributed by atoms with E-state index >= 15 is 0 Å². The average Bonchev–Trinajstić information content (AvgIpc) is 2.91. The van der Waals surface area contributed by atoms with Crippen LogP contribution in [0.25, 0.3) is 0 Å². The number of aromatic nitrogens is 2. The number of rotatable bonds is 4. The molecule has 1 saturated heterocycles. The average molecular weight is 300 g/mol. The number of sulfonamides is 1. The summed E-state index contributed by atoms with van der Waals surface area (Å²) >= 11 is 0. The van der Waals surface area contributed by atoms with Crippen LogP contribution in [0, 0.1) is 0 Å². The third-order valence-corrected chi connectivity index (χ3v) is 4.88. The zero-order chi connectivity index (χ0) is 14.8. The molecular formula is C12H20N4O3S. The van der Waals surface area contributed by atoms with Crippen molar-refractivity contribution < 1.29 is 13.2 Å². The molecule has 0 radical (unpaired) electrons. The summed E-state index contributed by atoms with van der Waals surface area (Å²) in [5.74, 6) is -0.150. The lowest BCUT2D eigenvalue weighted by Gasteiger charge is -2.34. The number of carbonyl (C=O) groups is 1. The van der Waals surface area contributed by atoms with Gasteiger partial charge >= 0.3 is 0 Å². The fraction of sp³-hybridized carbons (Fsp3) is 0.667. The van der Waals surface area contributed by atoms with Gasteiger partial charge in [0, 0.05) is 32.5 Å². The van der Waals surface area contributed by atoms with Gasteiger partial charge in [0.2, 0.25) is 15.9 Å². The molecule has 1 unspecified atom stereocenters. The SMILES string of the molecule is CN(CC(=O)N1CCCC(n2ccnc2)C1)S(C)(=O)=O. The number of hydrogen-bond donors (Lipinski definition) is 0. The highest BCUT2D eigenvalue weighted by molar-refractivity contribution is 7.88. The molecule has 1 aliphatic rings. The maximum absolute atomic E-state index is 12.2. The van der Waals surface area contributed by atoms with E-state index in [2.05, 4.69) is 4.98 Å². The summed E-state index contributed by atoms with van der Waals surface area (Å²) < 4.78 is 25.8. The van der Waals surface area contributed by atoms with Crippen LogP contribution in [0.1, 0.15) is 18.9 Å². The maximum Gasteiger partial charge on any atom is 0.237 e. The van der Waals surface area contributed by atoms with Crippen molar-refractivity contribution in [3.8, 4) is 0 Å². The van der Waals surface area contributed by atoms with E-state index < -0.39 is 10.0 Å². The van der Waals surface area contributed by atoms with Crippen molar-refractivity contribution in [1.29, 1.82) is 0 Å². The summed E-state index contributed by atoms with van der Waals surface area (Å²) in [7, 11) is -1.90. The third kappa shape index (κ3) is 3.57. The Morgan fingerprint density at radius 2 is 2.25 bits per heavy atom. The van der Waals surface area contributed by atoms with Crippen molar-refractivity contribution in [2.75, 3.05) is 32.9 Å². The molecule has 1 aromatic heterocycles. The summed E-state index contributed by atoms with van der Waals surface area (Å²) in [4.78, 5) is 17.9. The number of hydrogen-bond acceptors (Lipinski definition) is 4. The first-order valence-corrected chi connectivity index (χ1v) is 8.39. The number of nitrogens with zero attached hydrogens (tertiary/aromatic N) is 4. The fourth-order valence-corrected chi connectivity index (χ4v) is 2.66. The molecular weight excluding hydrogens is 280 g/mol. The highest BCUT2D eigenvalue weighted by Crippen LogP contribution is 2.21.